The molecule has 2 heterocycles. The van der Waals surface area contributed by atoms with Crippen LogP contribution < -0.4 is 15.4 Å². The Bertz CT molecular complexity index is 758. The third kappa shape index (κ3) is 3.85. The van der Waals surface area contributed by atoms with Crippen LogP contribution in [0, 0.1) is 6.92 Å². The van der Waals surface area contributed by atoms with Crippen LogP contribution in [0.1, 0.15) is 17.5 Å². The number of pyridine rings is 1. The number of anilines is 2. The van der Waals surface area contributed by atoms with Gasteiger partial charge in [-0.2, -0.15) is 0 Å². The van der Waals surface area contributed by atoms with E-state index in [0.29, 0.717) is 24.4 Å². The summed E-state index contributed by atoms with van der Waals surface area (Å²) in [6.45, 7) is 1.83. The van der Waals surface area contributed by atoms with E-state index in [1.54, 1.807) is 24.4 Å². The lowest BCUT2D eigenvalue weighted by Gasteiger charge is -2.17. The fourth-order valence-corrected chi connectivity index (χ4v) is 2.38. The van der Waals surface area contributed by atoms with Crippen LogP contribution in [-0.2, 0) is 16.0 Å². The lowest BCUT2D eigenvalue weighted by molar-refractivity contribution is -0.118. The summed E-state index contributed by atoms with van der Waals surface area (Å²) in [6.07, 6.45) is 2.79. The van der Waals surface area contributed by atoms with Gasteiger partial charge >= 0.3 is 0 Å². The Balaban J connectivity index is 1.58. The lowest BCUT2D eigenvalue weighted by atomic mass is 10.0. The highest BCUT2D eigenvalue weighted by Gasteiger charge is 2.15. The molecule has 2 amide bonds. The van der Waals surface area contributed by atoms with Crippen LogP contribution in [0.25, 0.3) is 0 Å². The van der Waals surface area contributed by atoms with Crippen molar-refractivity contribution in [3.05, 3.63) is 47.7 Å². The van der Waals surface area contributed by atoms with E-state index in [1.807, 2.05) is 19.1 Å². The van der Waals surface area contributed by atoms with Crippen molar-refractivity contribution in [3.8, 4) is 5.75 Å². The number of fused-ring (bicyclic) bond motifs is 1. The Hall–Kier alpha value is -2.89. The molecule has 0 radical (unpaired) electrons. The number of aromatic nitrogens is 1. The van der Waals surface area contributed by atoms with Crippen molar-refractivity contribution in [2.24, 2.45) is 0 Å². The maximum absolute atomic E-state index is 11.9. The zero-order valence-electron chi connectivity index (χ0n) is 12.8. The van der Waals surface area contributed by atoms with Crippen molar-refractivity contribution in [1.29, 1.82) is 0 Å². The molecule has 23 heavy (non-hydrogen) atoms. The minimum absolute atomic E-state index is 0.0243. The highest BCUT2D eigenvalue weighted by atomic mass is 16.5. The number of carbonyl (C=O) groups is 2. The molecule has 2 aromatic rings. The normalized spacial score (nSPS) is 13.0. The standard InChI is InChI=1S/C17H17N3O3/c1-11-6-7-18-15(8-11)20-17(22)10-23-13-3-4-14-12(9-13)2-5-16(21)19-14/h3-4,6-9H,2,5,10H2,1H3,(H,19,21)(H,18,20,22). The molecular weight excluding hydrogens is 294 g/mol. The van der Waals surface area contributed by atoms with Gasteiger partial charge in [0.05, 0.1) is 0 Å². The molecule has 1 aliphatic heterocycles. The molecule has 0 saturated heterocycles. The lowest BCUT2D eigenvalue weighted by Crippen LogP contribution is -2.21. The first kappa shape index (κ1) is 15.0. The number of amides is 2. The van der Waals surface area contributed by atoms with Gasteiger partial charge in [0.25, 0.3) is 5.91 Å². The number of carbonyl (C=O) groups excluding carboxylic acids is 2. The van der Waals surface area contributed by atoms with E-state index in [2.05, 4.69) is 15.6 Å². The van der Waals surface area contributed by atoms with E-state index < -0.39 is 0 Å². The summed E-state index contributed by atoms with van der Waals surface area (Å²) < 4.78 is 5.51. The van der Waals surface area contributed by atoms with Gasteiger partial charge in [0.15, 0.2) is 6.61 Å². The third-order valence-electron chi connectivity index (χ3n) is 3.53. The molecule has 0 spiro atoms. The maximum Gasteiger partial charge on any atom is 0.263 e. The van der Waals surface area contributed by atoms with Crippen molar-refractivity contribution >= 4 is 23.3 Å². The van der Waals surface area contributed by atoms with Gasteiger partial charge < -0.3 is 15.4 Å². The van der Waals surface area contributed by atoms with Crippen molar-refractivity contribution < 1.29 is 14.3 Å². The second-order valence-corrected chi connectivity index (χ2v) is 5.42. The first-order chi connectivity index (χ1) is 11.1. The van der Waals surface area contributed by atoms with Crippen LogP contribution in [0.3, 0.4) is 0 Å². The second-order valence-electron chi connectivity index (χ2n) is 5.42. The summed E-state index contributed by atoms with van der Waals surface area (Å²) in [6, 6.07) is 9.04. The molecule has 0 fully saturated rings. The number of rotatable bonds is 4. The van der Waals surface area contributed by atoms with E-state index >= 15 is 0 Å². The fourth-order valence-electron chi connectivity index (χ4n) is 2.38. The van der Waals surface area contributed by atoms with Crippen LogP contribution in [0.5, 0.6) is 5.75 Å². The zero-order valence-corrected chi connectivity index (χ0v) is 12.8. The monoisotopic (exact) mass is 311 g/mol. The minimum Gasteiger partial charge on any atom is -0.484 e. The minimum atomic E-state index is -0.269. The maximum atomic E-state index is 11.9. The van der Waals surface area contributed by atoms with Gasteiger partial charge in [-0.15, -0.1) is 0 Å². The van der Waals surface area contributed by atoms with Gasteiger partial charge in [0, 0.05) is 18.3 Å². The van der Waals surface area contributed by atoms with Crippen LogP contribution in [0.4, 0.5) is 11.5 Å². The Labute approximate surface area is 133 Å². The molecule has 1 aromatic carbocycles. The molecule has 1 aliphatic rings. The Morgan fingerprint density at radius 1 is 1.30 bits per heavy atom. The number of hydrogen-bond acceptors (Lipinski definition) is 4. The summed E-state index contributed by atoms with van der Waals surface area (Å²) in [5, 5.41) is 5.50. The number of nitrogens with one attached hydrogen (secondary N) is 2. The highest BCUT2D eigenvalue weighted by Crippen LogP contribution is 2.26. The van der Waals surface area contributed by atoms with Gasteiger partial charge in [-0.1, -0.05) is 0 Å². The Morgan fingerprint density at radius 2 is 2.17 bits per heavy atom. The predicted octanol–water partition coefficient (Wildman–Crippen LogP) is 2.29. The molecular formula is C17H17N3O3. The van der Waals surface area contributed by atoms with Crippen LogP contribution in [-0.4, -0.2) is 23.4 Å². The van der Waals surface area contributed by atoms with Crippen LogP contribution >= 0.6 is 0 Å². The molecule has 1 aromatic heterocycles. The van der Waals surface area contributed by atoms with Gasteiger partial charge in [-0.25, -0.2) is 4.98 Å². The fraction of sp³-hybridized carbons (Fsp3) is 0.235. The van der Waals surface area contributed by atoms with Gasteiger partial charge in [0.1, 0.15) is 11.6 Å². The molecule has 0 saturated carbocycles. The average molecular weight is 311 g/mol. The van der Waals surface area contributed by atoms with Gasteiger partial charge in [0.2, 0.25) is 5.91 Å². The Kier molecular flexibility index (Phi) is 4.23. The molecule has 0 bridgehead atoms. The van der Waals surface area contributed by atoms with E-state index in [0.717, 1.165) is 16.8 Å². The molecule has 6 heteroatoms. The third-order valence-corrected chi connectivity index (χ3v) is 3.53. The summed E-state index contributed by atoms with van der Waals surface area (Å²) in [4.78, 5) is 27.3. The molecule has 118 valence electrons. The van der Waals surface area contributed by atoms with Crippen molar-refractivity contribution in [3.63, 3.8) is 0 Å². The number of nitrogens with zero attached hydrogens (tertiary/aromatic N) is 1. The van der Waals surface area contributed by atoms with Crippen LogP contribution in [0.15, 0.2) is 36.5 Å². The van der Waals surface area contributed by atoms with Gasteiger partial charge in [-0.05, 0) is 54.8 Å². The van der Waals surface area contributed by atoms with Gasteiger partial charge in [-0.3, -0.25) is 9.59 Å². The summed E-state index contributed by atoms with van der Waals surface area (Å²) in [5.41, 5.74) is 2.85. The predicted molar refractivity (Wildman–Crippen MR) is 86.5 cm³/mol. The average Bonchev–Trinajstić information content (AvgIpc) is 2.53. The highest BCUT2D eigenvalue weighted by molar-refractivity contribution is 5.94. The van der Waals surface area contributed by atoms with E-state index in [1.165, 1.54) is 0 Å². The SMILES string of the molecule is Cc1ccnc(NC(=O)COc2ccc3c(c2)CCC(=O)N3)c1. The first-order valence-electron chi connectivity index (χ1n) is 7.38. The quantitative estimate of drug-likeness (QED) is 0.908. The van der Waals surface area contributed by atoms with Crippen LogP contribution in [0.2, 0.25) is 0 Å². The van der Waals surface area contributed by atoms with E-state index in [9.17, 15) is 9.59 Å². The summed E-state index contributed by atoms with van der Waals surface area (Å²) in [7, 11) is 0. The van der Waals surface area contributed by atoms with E-state index in [-0.39, 0.29) is 18.4 Å². The molecule has 0 aliphatic carbocycles. The number of benzene rings is 1. The molecule has 0 atom stereocenters. The topological polar surface area (TPSA) is 80.3 Å². The molecule has 3 rings (SSSR count). The van der Waals surface area contributed by atoms with Crippen molar-refractivity contribution in [2.45, 2.75) is 19.8 Å². The summed E-state index contributed by atoms with van der Waals surface area (Å²) >= 11 is 0. The molecule has 0 unspecified atom stereocenters. The molecule has 6 nitrogen and oxygen atoms in total. The summed E-state index contributed by atoms with van der Waals surface area (Å²) in [5.74, 6) is 0.865. The second kappa shape index (κ2) is 6.48. The zero-order chi connectivity index (χ0) is 16.2. The first-order valence-corrected chi connectivity index (χ1v) is 7.38. The molecule has 2 N–H and O–H groups in total. The largest absolute Gasteiger partial charge is 0.484 e. The number of aryl methyl sites for hydroxylation is 2. The van der Waals surface area contributed by atoms with Crippen molar-refractivity contribution in [1.82, 2.24) is 4.98 Å². The van der Waals surface area contributed by atoms with Crippen molar-refractivity contribution in [2.75, 3.05) is 17.2 Å². The number of ether oxygens (including phenoxy) is 1. The van der Waals surface area contributed by atoms with E-state index in [4.69, 9.17) is 4.74 Å². The smallest absolute Gasteiger partial charge is 0.263 e. The number of hydrogen-bond donors (Lipinski definition) is 2. The Morgan fingerprint density at radius 3 is 3.00 bits per heavy atom.